The lowest BCUT2D eigenvalue weighted by molar-refractivity contribution is -0.134. The van der Waals surface area contributed by atoms with Crippen LogP contribution in [0.2, 0.25) is 0 Å². The van der Waals surface area contributed by atoms with Gasteiger partial charge in [0.15, 0.2) is 0 Å². The first-order valence-electron chi connectivity index (χ1n) is 5.44. The molecule has 5 heteroatoms. The second-order valence-corrected chi connectivity index (χ2v) is 4.86. The predicted octanol–water partition coefficient (Wildman–Crippen LogP) is 1.03. The van der Waals surface area contributed by atoms with Gasteiger partial charge in [-0.15, -0.1) is 11.3 Å². The zero-order valence-corrected chi connectivity index (χ0v) is 10.4. The third kappa shape index (κ3) is 2.94. The topological polar surface area (TPSA) is 49.4 Å². The molecular weight excluding hydrogens is 236 g/mol. The third-order valence-electron chi connectivity index (χ3n) is 2.63. The third-order valence-corrected chi connectivity index (χ3v) is 3.61. The zero-order chi connectivity index (χ0) is 12.3. The fourth-order valence-electron chi connectivity index (χ4n) is 1.63. The van der Waals surface area contributed by atoms with Crippen LogP contribution in [0.1, 0.15) is 10.4 Å². The van der Waals surface area contributed by atoms with Crippen molar-refractivity contribution < 1.29 is 9.59 Å². The van der Waals surface area contributed by atoms with Gasteiger partial charge in [-0.3, -0.25) is 9.59 Å². The molecule has 17 heavy (non-hydrogen) atoms. The largest absolute Gasteiger partial charge is 0.353 e. The fraction of sp³-hybridized carbons (Fsp3) is 0.333. The van der Waals surface area contributed by atoms with Crippen LogP contribution in [0.3, 0.4) is 0 Å². The molecule has 0 spiro atoms. The summed E-state index contributed by atoms with van der Waals surface area (Å²) in [4.78, 5) is 25.6. The number of rotatable bonds is 2. The fourth-order valence-corrected chi connectivity index (χ4v) is 2.45. The van der Waals surface area contributed by atoms with E-state index in [-0.39, 0.29) is 18.4 Å². The Kier molecular flexibility index (Phi) is 3.58. The highest BCUT2D eigenvalue weighted by molar-refractivity contribution is 7.11. The molecule has 1 saturated heterocycles. The van der Waals surface area contributed by atoms with Crippen LogP contribution in [0.5, 0.6) is 0 Å². The van der Waals surface area contributed by atoms with Crippen molar-refractivity contribution in [3.05, 3.63) is 28.0 Å². The zero-order valence-electron chi connectivity index (χ0n) is 9.60. The van der Waals surface area contributed by atoms with E-state index in [9.17, 15) is 9.59 Å². The smallest absolute Gasteiger partial charge is 0.247 e. The molecule has 0 radical (unpaired) electrons. The molecule has 1 aromatic rings. The molecule has 0 aliphatic carbocycles. The van der Waals surface area contributed by atoms with Crippen LogP contribution in [-0.4, -0.2) is 36.3 Å². The number of nitrogens with one attached hydrogen (secondary N) is 1. The van der Waals surface area contributed by atoms with Gasteiger partial charge in [-0.1, -0.05) is 0 Å². The Morgan fingerprint density at radius 1 is 1.59 bits per heavy atom. The molecular formula is C12H14N2O2S. The molecule has 4 nitrogen and oxygen atoms in total. The van der Waals surface area contributed by atoms with Crippen LogP contribution in [0.25, 0.3) is 6.08 Å². The van der Waals surface area contributed by atoms with E-state index in [4.69, 9.17) is 0 Å². The van der Waals surface area contributed by atoms with Crippen molar-refractivity contribution in [2.24, 2.45) is 0 Å². The van der Waals surface area contributed by atoms with E-state index in [0.29, 0.717) is 13.1 Å². The molecule has 0 unspecified atom stereocenters. The average Bonchev–Trinajstić information content (AvgIpc) is 2.72. The highest BCUT2D eigenvalue weighted by Crippen LogP contribution is 2.17. The van der Waals surface area contributed by atoms with Gasteiger partial charge in [0.2, 0.25) is 11.8 Å². The Morgan fingerprint density at radius 2 is 2.41 bits per heavy atom. The van der Waals surface area contributed by atoms with E-state index in [1.54, 1.807) is 16.2 Å². The van der Waals surface area contributed by atoms with Gasteiger partial charge >= 0.3 is 0 Å². The van der Waals surface area contributed by atoms with Gasteiger partial charge in [-0.05, 0) is 30.0 Å². The molecule has 1 aliphatic rings. The lowest BCUT2D eigenvalue weighted by Crippen LogP contribution is -2.49. The Hall–Kier alpha value is -1.62. The van der Waals surface area contributed by atoms with Crippen LogP contribution in [0.15, 0.2) is 17.5 Å². The second kappa shape index (κ2) is 5.14. The summed E-state index contributed by atoms with van der Waals surface area (Å²) < 4.78 is 0. The van der Waals surface area contributed by atoms with Crippen LogP contribution >= 0.6 is 11.3 Å². The number of hydrogen-bond donors (Lipinski definition) is 1. The van der Waals surface area contributed by atoms with Crippen molar-refractivity contribution in [2.45, 2.75) is 6.92 Å². The summed E-state index contributed by atoms with van der Waals surface area (Å²) >= 11 is 1.60. The first-order chi connectivity index (χ1) is 8.16. The van der Waals surface area contributed by atoms with Crippen molar-refractivity contribution in [3.63, 3.8) is 0 Å². The molecule has 0 bridgehead atoms. The SMILES string of the molecule is Cc1ccsc1/C=C\C(=O)N1CCNC(=O)C1. The summed E-state index contributed by atoms with van der Waals surface area (Å²) in [6.07, 6.45) is 3.35. The summed E-state index contributed by atoms with van der Waals surface area (Å²) in [5.74, 6) is -0.196. The molecule has 2 amide bonds. The normalized spacial score (nSPS) is 16.3. The summed E-state index contributed by atoms with van der Waals surface area (Å²) in [6.45, 7) is 3.29. The van der Waals surface area contributed by atoms with Crippen LogP contribution in [-0.2, 0) is 9.59 Å². The minimum atomic E-state index is -0.104. The summed E-state index contributed by atoms with van der Waals surface area (Å²) in [7, 11) is 0. The summed E-state index contributed by atoms with van der Waals surface area (Å²) in [5.41, 5.74) is 1.16. The summed E-state index contributed by atoms with van der Waals surface area (Å²) in [5, 5.41) is 4.68. The average molecular weight is 250 g/mol. The Bertz CT molecular complexity index is 465. The van der Waals surface area contributed by atoms with Crippen molar-refractivity contribution >= 4 is 29.2 Å². The minimum Gasteiger partial charge on any atom is -0.353 e. The van der Waals surface area contributed by atoms with Gasteiger partial charge in [-0.2, -0.15) is 0 Å². The highest BCUT2D eigenvalue weighted by atomic mass is 32.1. The first kappa shape index (κ1) is 11.9. The van der Waals surface area contributed by atoms with Crippen LogP contribution in [0, 0.1) is 6.92 Å². The van der Waals surface area contributed by atoms with Gasteiger partial charge in [0.1, 0.15) is 0 Å². The molecule has 0 aromatic carbocycles. The predicted molar refractivity (Wildman–Crippen MR) is 67.7 cm³/mol. The van der Waals surface area contributed by atoms with Gasteiger partial charge in [-0.25, -0.2) is 0 Å². The summed E-state index contributed by atoms with van der Waals surface area (Å²) in [6, 6.07) is 2.02. The highest BCUT2D eigenvalue weighted by Gasteiger charge is 2.18. The molecule has 1 N–H and O–H groups in total. The number of thiophene rings is 1. The molecule has 2 heterocycles. The van der Waals surface area contributed by atoms with Gasteiger partial charge in [0.05, 0.1) is 6.54 Å². The first-order valence-corrected chi connectivity index (χ1v) is 6.32. The molecule has 2 rings (SSSR count). The maximum Gasteiger partial charge on any atom is 0.247 e. The van der Waals surface area contributed by atoms with Gasteiger partial charge < -0.3 is 10.2 Å². The second-order valence-electron chi connectivity index (χ2n) is 3.91. The van der Waals surface area contributed by atoms with E-state index < -0.39 is 0 Å². The standard InChI is InChI=1S/C12H14N2O2S/c1-9-4-7-17-10(9)2-3-12(16)14-6-5-13-11(15)8-14/h2-4,7H,5-6,8H2,1H3,(H,13,15)/b3-2-. The maximum absolute atomic E-state index is 11.8. The molecule has 0 atom stereocenters. The number of carbonyl (C=O) groups excluding carboxylic acids is 2. The van der Waals surface area contributed by atoms with Crippen LogP contribution in [0.4, 0.5) is 0 Å². The number of hydrogen-bond acceptors (Lipinski definition) is 3. The van der Waals surface area contributed by atoms with Crippen molar-refractivity contribution in [1.29, 1.82) is 0 Å². The minimum absolute atomic E-state index is 0.0923. The van der Waals surface area contributed by atoms with E-state index >= 15 is 0 Å². The molecule has 1 aromatic heterocycles. The van der Waals surface area contributed by atoms with E-state index in [1.165, 1.54) is 6.08 Å². The molecule has 1 fully saturated rings. The van der Waals surface area contributed by atoms with E-state index in [0.717, 1.165) is 10.4 Å². The van der Waals surface area contributed by atoms with Crippen molar-refractivity contribution in [1.82, 2.24) is 10.2 Å². The number of amides is 2. The number of carbonyl (C=O) groups is 2. The quantitative estimate of drug-likeness (QED) is 0.797. The number of aryl methyl sites for hydroxylation is 1. The van der Waals surface area contributed by atoms with Crippen molar-refractivity contribution in [2.75, 3.05) is 19.6 Å². The van der Waals surface area contributed by atoms with Crippen molar-refractivity contribution in [3.8, 4) is 0 Å². The van der Waals surface area contributed by atoms with Gasteiger partial charge in [0, 0.05) is 24.0 Å². The Labute approximate surface area is 104 Å². The molecule has 90 valence electrons. The van der Waals surface area contributed by atoms with E-state index in [1.807, 2.05) is 24.4 Å². The lowest BCUT2D eigenvalue weighted by atomic mass is 10.2. The number of piperazine rings is 1. The van der Waals surface area contributed by atoms with Gasteiger partial charge in [0.25, 0.3) is 0 Å². The van der Waals surface area contributed by atoms with E-state index in [2.05, 4.69) is 5.32 Å². The Morgan fingerprint density at radius 3 is 3.06 bits per heavy atom. The Balaban J connectivity index is 1.99. The number of nitrogens with zero attached hydrogens (tertiary/aromatic N) is 1. The molecule has 0 saturated carbocycles. The maximum atomic E-state index is 11.8. The lowest BCUT2D eigenvalue weighted by Gasteiger charge is -2.25. The molecule has 1 aliphatic heterocycles. The van der Waals surface area contributed by atoms with Crippen LogP contribution < -0.4 is 5.32 Å². The monoisotopic (exact) mass is 250 g/mol.